The van der Waals surface area contributed by atoms with Crippen molar-refractivity contribution in [2.24, 2.45) is 0 Å². The van der Waals surface area contributed by atoms with Crippen LogP contribution in [0, 0.1) is 12.5 Å². The van der Waals surface area contributed by atoms with Crippen molar-refractivity contribution in [1.82, 2.24) is 5.32 Å². The van der Waals surface area contributed by atoms with Gasteiger partial charge in [0.15, 0.2) is 0 Å². The quantitative estimate of drug-likeness (QED) is 0.465. The van der Waals surface area contributed by atoms with Gasteiger partial charge in [-0.3, -0.25) is 0 Å². The van der Waals surface area contributed by atoms with Crippen LogP contribution in [0.5, 0.6) is 0 Å². The van der Waals surface area contributed by atoms with E-state index in [1.54, 1.807) is 7.11 Å². The molecule has 0 aliphatic heterocycles. The predicted octanol–water partition coefficient (Wildman–Crippen LogP) is 0.982. The van der Waals surface area contributed by atoms with Crippen molar-refractivity contribution in [2.75, 3.05) is 13.7 Å². The van der Waals surface area contributed by atoms with Crippen LogP contribution in [-0.4, -0.2) is 19.3 Å². The minimum Gasteiger partial charge on any atom is -0.385 e. The highest BCUT2D eigenvalue weighted by molar-refractivity contribution is 4.90. The van der Waals surface area contributed by atoms with Gasteiger partial charge in [0.25, 0.3) is 0 Å². The first kappa shape index (κ1) is 9.32. The Kier molecular flexibility index (Phi) is 3.90. The highest BCUT2D eigenvalue weighted by Gasteiger charge is 2.14. The molecule has 0 saturated carbocycles. The third kappa shape index (κ3) is 4.22. The highest BCUT2D eigenvalue weighted by Crippen LogP contribution is 2.06. The largest absolute Gasteiger partial charge is 0.385 e. The number of methoxy groups -OCH3 is 1. The third-order valence-electron chi connectivity index (χ3n) is 1.34. The number of terminal acetylenes is 1. The summed E-state index contributed by atoms with van der Waals surface area (Å²) in [5, 5.41) is 2.90. The average molecular weight is 141 g/mol. The van der Waals surface area contributed by atoms with E-state index in [2.05, 4.69) is 11.4 Å². The Balaban J connectivity index is 3.55. The summed E-state index contributed by atoms with van der Waals surface area (Å²) in [6.45, 7) is 4.83. The fraction of sp³-hybridized carbons (Fsp3) is 0.750. The Morgan fingerprint density at radius 3 is 2.60 bits per heavy atom. The topological polar surface area (TPSA) is 21.3 Å². The second kappa shape index (κ2) is 4.19. The molecule has 0 amide bonds. The van der Waals surface area contributed by atoms with Gasteiger partial charge in [0.1, 0.15) is 0 Å². The summed E-state index contributed by atoms with van der Waals surface area (Å²) < 4.78 is 4.92. The van der Waals surface area contributed by atoms with Crippen LogP contribution in [-0.2, 0) is 4.74 Å². The molecule has 2 heteroatoms. The first-order valence-corrected chi connectivity index (χ1v) is 3.34. The molecule has 0 unspecified atom stereocenters. The summed E-state index contributed by atoms with van der Waals surface area (Å²) in [7, 11) is 1.69. The fourth-order valence-electron chi connectivity index (χ4n) is 0.615. The lowest BCUT2D eigenvalue weighted by atomic mass is 10.0. The molecule has 0 aromatic heterocycles. The summed E-state index contributed by atoms with van der Waals surface area (Å²) in [5.41, 5.74) is -0.00917. The molecule has 0 aromatic rings. The van der Waals surface area contributed by atoms with Crippen molar-refractivity contribution >= 4 is 0 Å². The van der Waals surface area contributed by atoms with E-state index in [-0.39, 0.29) is 5.54 Å². The van der Waals surface area contributed by atoms with E-state index in [0.717, 1.165) is 13.0 Å². The molecular formula is C8H15NO. The second-order valence-corrected chi connectivity index (χ2v) is 2.90. The van der Waals surface area contributed by atoms with Gasteiger partial charge in [-0.1, -0.05) is 6.42 Å². The first-order chi connectivity index (χ1) is 4.62. The van der Waals surface area contributed by atoms with Crippen LogP contribution in [0.3, 0.4) is 0 Å². The van der Waals surface area contributed by atoms with Gasteiger partial charge in [-0.25, -0.2) is 0 Å². The van der Waals surface area contributed by atoms with Crippen LogP contribution in [0.4, 0.5) is 0 Å². The van der Waals surface area contributed by atoms with Crippen LogP contribution in [0.2, 0.25) is 0 Å². The number of rotatable bonds is 4. The Bertz CT molecular complexity index is 124. The standard InChI is InChI=1S/C8H15NO/c1-5-9-8(2,3)6-7-10-4/h1,9H,6-7H2,2-4H3. The first-order valence-electron chi connectivity index (χ1n) is 3.34. The van der Waals surface area contributed by atoms with Gasteiger partial charge in [-0.15, -0.1) is 0 Å². The minimum atomic E-state index is -0.00917. The normalized spacial score (nSPS) is 10.6. The third-order valence-corrected chi connectivity index (χ3v) is 1.34. The van der Waals surface area contributed by atoms with Crippen LogP contribution in [0.15, 0.2) is 0 Å². The zero-order valence-corrected chi connectivity index (χ0v) is 6.90. The number of hydrogen-bond donors (Lipinski definition) is 1. The molecule has 0 bridgehead atoms. The Hall–Kier alpha value is -0.680. The van der Waals surface area contributed by atoms with Gasteiger partial charge >= 0.3 is 0 Å². The smallest absolute Gasteiger partial charge is 0.0484 e. The zero-order valence-electron chi connectivity index (χ0n) is 6.90. The Morgan fingerprint density at radius 2 is 2.20 bits per heavy atom. The van der Waals surface area contributed by atoms with Gasteiger partial charge in [-0.05, 0) is 20.3 Å². The van der Waals surface area contributed by atoms with Crippen molar-refractivity contribution in [1.29, 1.82) is 0 Å². The van der Waals surface area contributed by atoms with Gasteiger partial charge < -0.3 is 10.1 Å². The number of nitrogens with one attached hydrogen (secondary N) is 1. The maximum absolute atomic E-state index is 5.08. The number of hydrogen-bond acceptors (Lipinski definition) is 2. The molecule has 0 atom stereocenters. The van der Waals surface area contributed by atoms with Gasteiger partial charge in [0.2, 0.25) is 0 Å². The van der Waals surface area contributed by atoms with E-state index in [1.807, 2.05) is 13.8 Å². The summed E-state index contributed by atoms with van der Waals surface area (Å²) in [4.78, 5) is 0. The minimum absolute atomic E-state index is 0.00917. The maximum Gasteiger partial charge on any atom is 0.0484 e. The van der Waals surface area contributed by atoms with Crippen molar-refractivity contribution in [3.05, 3.63) is 0 Å². The summed E-state index contributed by atoms with van der Waals surface area (Å²) in [6.07, 6.45) is 6.01. The van der Waals surface area contributed by atoms with Crippen molar-refractivity contribution in [3.63, 3.8) is 0 Å². The van der Waals surface area contributed by atoms with E-state index in [9.17, 15) is 0 Å². The van der Waals surface area contributed by atoms with Gasteiger partial charge in [-0.2, -0.15) is 0 Å². The molecule has 0 fully saturated rings. The van der Waals surface area contributed by atoms with Crippen LogP contribution < -0.4 is 5.32 Å². The molecular weight excluding hydrogens is 126 g/mol. The van der Waals surface area contributed by atoms with Crippen molar-refractivity contribution < 1.29 is 4.74 Å². The highest BCUT2D eigenvalue weighted by atomic mass is 16.5. The predicted molar refractivity (Wildman–Crippen MR) is 42.5 cm³/mol. The SMILES string of the molecule is C#CNC(C)(C)CCOC. The average Bonchev–Trinajstić information content (AvgIpc) is 1.84. The van der Waals surface area contributed by atoms with Crippen molar-refractivity contribution in [2.45, 2.75) is 25.8 Å². The van der Waals surface area contributed by atoms with Crippen LogP contribution >= 0.6 is 0 Å². The fourth-order valence-corrected chi connectivity index (χ4v) is 0.615. The van der Waals surface area contributed by atoms with E-state index in [4.69, 9.17) is 11.2 Å². The Morgan fingerprint density at radius 1 is 1.60 bits per heavy atom. The molecule has 0 spiro atoms. The lowest BCUT2D eigenvalue weighted by molar-refractivity contribution is 0.170. The van der Waals surface area contributed by atoms with E-state index in [1.165, 1.54) is 0 Å². The van der Waals surface area contributed by atoms with E-state index < -0.39 is 0 Å². The molecule has 0 aliphatic rings. The summed E-state index contributed by atoms with van der Waals surface area (Å²) >= 11 is 0. The lowest BCUT2D eigenvalue weighted by Crippen LogP contribution is -2.36. The molecule has 0 saturated heterocycles. The molecule has 0 aliphatic carbocycles. The molecule has 0 radical (unpaired) electrons. The second-order valence-electron chi connectivity index (χ2n) is 2.90. The molecule has 2 nitrogen and oxygen atoms in total. The van der Waals surface area contributed by atoms with Crippen molar-refractivity contribution in [3.8, 4) is 12.5 Å². The Labute approximate surface area is 63.0 Å². The molecule has 10 heavy (non-hydrogen) atoms. The molecule has 58 valence electrons. The van der Waals surface area contributed by atoms with Gasteiger partial charge in [0, 0.05) is 25.3 Å². The molecule has 0 aromatic carbocycles. The van der Waals surface area contributed by atoms with Crippen LogP contribution in [0.1, 0.15) is 20.3 Å². The lowest BCUT2D eigenvalue weighted by Gasteiger charge is -2.22. The van der Waals surface area contributed by atoms with Gasteiger partial charge in [0.05, 0.1) is 0 Å². The monoisotopic (exact) mass is 141 g/mol. The molecule has 0 rings (SSSR count). The van der Waals surface area contributed by atoms with E-state index in [0.29, 0.717) is 0 Å². The van der Waals surface area contributed by atoms with Crippen LogP contribution in [0.25, 0.3) is 0 Å². The molecule has 1 N–H and O–H groups in total. The zero-order chi connectivity index (χ0) is 8.04. The number of ether oxygens (including phenoxy) is 1. The summed E-state index contributed by atoms with van der Waals surface area (Å²) in [6, 6.07) is 2.41. The molecule has 0 heterocycles. The van der Waals surface area contributed by atoms with E-state index >= 15 is 0 Å². The maximum atomic E-state index is 5.08. The summed E-state index contributed by atoms with van der Waals surface area (Å²) in [5.74, 6) is 0.